The summed E-state index contributed by atoms with van der Waals surface area (Å²) in [5.41, 5.74) is 6.27. The van der Waals surface area contributed by atoms with Gasteiger partial charge in [-0.2, -0.15) is 0 Å². The van der Waals surface area contributed by atoms with Crippen molar-refractivity contribution >= 4 is 11.9 Å². The van der Waals surface area contributed by atoms with Gasteiger partial charge in [-0.3, -0.25) is 4.79 Å². The molecule has 0 heterocycles. The molecular weight excluding hydrogens is 256 g/mol. The van der Waals surface area contributed by atoms with E-state index in [-0.39, 0.29) is 23.8 Å². The molecule has 4 N–H and O–H groups in total. The van der Waals surface area contributed by atoms with Gasteiger partial charge in [-0.15, -0.1) is 0 Å². The number of hydrogen-bond acceptors (Lipinski definition) is 3. The number of carboxylic acids is 1. The average Bonchev–Trinajstić information content (AvgIpc) is 2.35. The SMILES string of the molecule is CC(C)(C)C(N)CC(=O)N[C@@H](C(=O)O)c1ccccc1. The second-order valence-corrected chi connectivity index (χ2v) is 5.93. The maximum absolute atomic E-state index is 11.9. The monoisotopic (exact) mass is 278 g/mol. The van der Waals surface area contributed by atoms with E-state index in [0.717, 1.165) is 0 Å². The van der Waals surface area contributed by atoms with Crippen molar-refractivity contribution in [1.29, 1.82) is 0 Å². The number of hydrogen-bond donors (Lipinski definition) is 3. The van der Waals surface area contributed by atoms with E-state index in [1.54, 1.807) is 30.3 Å². The molecule has 110 valence electrons. The Morgan fingerprint density at radius 1 is 1.25 bits per heavy atom. The maximum Gasteiger partial charge on any atom is 0.330 e. The Morgan fingerprint density at radius 2 is 1.80 bits per heavy atom. The predicted octanol–water partition coefficient (Wildman–Crippen LogP) is 1.69. The molecule has 0 saturated heterocycles. The van der Waals surface area contributed by atoms with E-state index >= 15 is 0 Å². The molecule has 0 aliphatic carbocycles. The number of amides is 1. The van der Waals surface area contributed by atoms with Crippen LogP contribution in [-0.4, -0.2) is 23.0 Å². The van der Waals surface area contributed by atoms with E-state index in [1.165, 1.54) is 0 Å². The van der Waals surface area contributed by atoms with Crippen molar-refractivity contribution in [1.82, 2.24) is 5.32 Å². The second-order valence-electron chi connectivity index (χ2n) is 5.93. The number of carboxylic acid groups (broad SMARTS) is 1. The molecule has 0 aromatic heterocycles. The number of nitrogens with one attached hydrogen (secondary N) is 1. The van der Waals surface area contributed by atoms with E-state index in [2.05, 4.69) is 5.32 Å². The van der Waals surface area contributed by atoms with E-state index < -0.39 is 12.0 Å². The molecule has 0 saturated carbocycles. The third kappa shape index (κ3) is 4.66. The second kappa shape index (κ2) is 6.52. The molecule has 20 heavy (non-hydrogen) atoms. The van der Waals surface area contributed by atoms with Gasteiger partial charge in [-0.25, -0.2) is 4.79 Å². The van der Waals surface area contributed by atoms with Crippen LogP contribution in [-0.2, 0) is 9.59 Å². The lowest BCUT2D eigenvalue weighted by Crippen LogP contribution is -2.42. The molecule has 1 aromatic carbocycles. The van der Waals surface area contributed by atoms with Gasteiger partial charge in [0.1, 0.15) is 0 Å². The molecule has 0 aliphatic heterocycles. The highest BCUT2D eigenvalue weighted by atomic mass is 16.4. The topological polar surface area (TPSA) is 92.4 Å². The Balaban J connectivity index is 2.73. The molecule has 0 fully saturated rings. The molecular formula is C15H22N2O3. The van der Waals surface area contributed by atoms with Gasteiger partial charge in [0.2, 0.25) is 5.91 Å². The van der Waals surface area contributed by atoms with Gasteiger partial charge in [0.05, 0.1) is 0 Å². The van der Waals surface area contributed by atoms with Gasteiger partial charge in [-0.05, 0) is 11.0 Å². The first kappa shape index (κ1) is 16.2. The molecule has 0 radical (unpaired) electrons. The van der Waals surface area contributed by atoms with Crippen molar-refractivity contribution in [2.45, 2.75) is 39.3 Å². The van der Waals surface area contributed by atoms with Gasteiger partial charge in [-0.1, -0.05) is 51.1 Å². The molecule has 1 aromatic rings. The molecule has 1 amide bonds. The zero-order valence-electron chi connectivity index (χ0n) is 12.1. The van der Waals surface area contributed by atoms with Gasteiger partial charge in [0.15, 0.2) is 6.04 Å². The third-order valence-corrected chi connectivity index (χ3v) is 3.20. The van der Waals surface area contributed by atoms with Crippen LogP contribution in [0.25, 0.3) is 0 Å². The fourth-order valence-electron chi connectivity index (χ4n) is 1.66. The normalized spacial score (nSPS) is 14.4. The standard InChI is InChI=1S/C15H22N2O3/c1-15(2,3)11(16)9-12(18)17-13(14(19)20)10-7-5-4-6-8-10/h4-8,11,13H,9,16H2,1-3H3,(H,17,18)(H,19,20)/t11?,13-/m1/s1. The first-order chi connectivity index (χ1) is 9.21. The molecule has 5 heteroatoms. The average molecular weight is 278 g/mol. The van der Waals surface area contributed by atoms with Crippen LogP contribution >= 0.6 is 0 Å². The number of carbonyl (C=O) groups excluding carboxylic acids is 1. The molecule has 1 rings (SSSR count). The van der Waals surface area contributed by atoms with Crippen LogP contribution in [0.5, 0.6) is 0 Å². The first-order valence-electron chi connectivity index (χ1n) is 6.54. The highest BCUT2D eigenvalue weighted by molar-refractivity contribution is 5.84. The maximum atomic E-state index is 11.9. The fraction of sp³-hybridized carbons (Fsp3) is 0.467. The smallest absolute Gasteiger partial charge is 0.330 e. The van der Waals surface area contributed by atoms with Gasteiger partial charge >= 0.3 is 5.97 Å². The van der Waals surface area contributed by atoms with Crippen molar-refractivity contribution in [2.75, 3.05) is 0 Å². The highest BCUT2D eigenvalue weighted by Crippen LogP contribution is 2.20. The van der Waals surface area contributed by atoms with E-state index in [9.17, 15) is 14.7 Å². The lowest BCUT2D eigenvalue weighted by Gasteiger charge is -2.27. The minimum Gasteiger partial charge on any atom is -0.479 e. The Labute approximate surface area is 119 Å². The minimum absolute atomic E-state index is 0.0973. The van der Waals surface area contributed by atoms with Crippen molar-refractivity contribution < 1.29 is 14.7 Å². The number of nitrogens with two attached hydrogens (primary N) is 1. The van der Waals surface area contributed by atoms with Crippen LogP contribution in [0.15, 0.2) is 30.3 Å². The quantitative estimate of drug-likeness (QED) is 0.764. The number of benzene rings is 1. The van der Waals surface area contributed by atoms with E-state index in [0.29, 0.717) is 5.56 Å². The van der Waals surface area contributed by atoms with Crippen molar-refractivity contribution in [3.05, 3.63) is 35.9 Å². The Bertz CT molecular complexity index is 466. The number of rotatable bonds is 5. The summed E-state index contributed by atoms with van der Waals surface area (Å²) in [6, 6.07) is 7.23. The summed E-state index contributed by atoms with van der Waals surface area (Å²) in [7, 11) is 0. The molecule has 0 spiro atoms. The lowest BCUT2D eigenvalue weighted by molar-refractivity contribution is -0.142. The van der Waals surface area contributed by atoms with Gasteiger partial charge in [0.25, 0.3) is 0 Å². The summed E-state index contributed by atoms with van der Waals surface area (Å²) in [4.78, 5) is 23.2. The number of aliphatic carboxylic acids is 1. The first-order valence-corrected chi connectivity index (χ1v) is 6.54. The number of carbonyl (C=O) groups is 2. The third-order valence-electron chi connectivity index (χ3n) is 3.20. The summed E-state index contributed by atoms with van der Waals surface area (Å²) in [5, 5.41) is 11.7. The largest absolute Gasteiger partial charge is 0.479 e. The molecule has 0 aliphatic rings. The van der Waals surface area contributed by atoms with Crippen LogP contribution in [0.2, 0.25) is 0 Å². The summed E-state index contributed by atoms with van der Waals surface area (Å²) >= 11 is 0. The fourth-order valence-corrected chi connectivity index (χ4v) is 1.66. The van der Waals surface area contributed by atoms with E-state index in [4.69, 9.17) is 5.73 Å². The van der Waals surface area contributed by atoms with Crippen LogP contribution in [0.1, 0.15) is 38.8 Å². The van der Waals surface area contributed by atoms with Crippen LogP contribution in [0.4, 0.5) is 0 Å². The van der Waals surface area contributed by atoms with Crippen molar-refractivity contribution in [3.63, 3.8) is 0 Å². The minimum atomic E-state index is -1.09. The van der Waals surface area contributed by atoms with E-state index in [1.807, 2.05) is 20.8 Å². The lowest BCUT2D eigenvalue weighted by atomic mass is 9.85. The summed E-state index contributed by atoms with van der Waals surface area (Å²) in [6.45, 7) is 5.82. The Morgan fingerprint density at radius 3 is 2.25 bits per heavy atom. The van der Waals surface area contributed by atoms with Crippen LogP contribution < -0.4 is 11.1 Å². The molecule has 5 nitrogen and oxygen atoms in total. The van der Waals surface area contributed by atoms with Crippen LogP contribution in [0.3, 0.4) is 0 Å². The van der Waals surface area contributed by atoms with Gasteiger partial charge in [0, 0.05) is 12.5 Å². The van der Waals surface area contributed by atoms with Crippen molar-refractivity contribution in [3.8, 4) is 0 Å². The Kier molecular flexibility index (Phi) is 5.27. The summed E-state index contributed by atoms with van der Waals surface area (Å²) in [6.07, 6.45) is 0.0973. The summed E-state index contributed by atoms with van der Waals surface area (Å²) < 4.78 is 0. The Hall–Kier alpha value is -1.88. The predicted molar refractivity (Wildman–Crippen MR) is 77.0 cm³/mol. The van der Waals surface area contributed by atoms with Gasteiger partial charge < -0.3 is 16.2 Å². The zero-order chi connectivity index (χ0) is 15.3. The molecule has 2 atom stereocenters. The van der Waals surface area contributed by atoms with Crippen LogP contribution in [0, 0.1) is 5.41 Å². The summed E-state index contributed by atoms with van der Waals surface area (Å²) in [5.74, 6) is -1.45. The highest BCUT2D eigenvalue weighted by Gasteiger charge is 2.26. The zero-order valence-corrected chi connectivity index (χ0v) is 12.1. The van der Waals surface area contributed by atoms with Crippen molar-refractivity contribution in [2.24, 2.45) is 11.1 Å². The molecule has 0 bridgehead atoms. The molecule has 1 unspecified atom stereocenters.